The molecule has 0 aliphatic rings. The first-order chi connectivity index (χ1) is 9.74. The first-order valence-electron chi connectivity index (χ1n) is 6.31. The van der Waals surface area contributed by atoms with Crippen LogP contribution in [0.25, 0.3) is 0 Å². The van der Waals surface area contributed by atoms with Crippen molar-refractivity contribution in [2.75, 3.05) is 0 Å². The van der Waals surface area contributed by atoms with Crippen LogP contribution in [0.4, 0.5) is 17.6 Å². The van der Waals surface area contributed by atoms with Crippen LogP contribution >= 0.6 is 0 Å². The fourth-order valence-corrected chi connectivity index (χ4v) is 2.17. The summed E-state index contributed by atoms with van der Waals surface area (Å²) in [6.45, 7) is 1.82. The van der Waals surface area contributed by atoms with E-state index in [1.807, 2.05) is 6.92 Å². The van der Waals surface area contributed by atoms with Gasteiger partial charge in [0, 0.05) is 18.8 Å². The molecule has 0 bridgehead atoms. The summed E-state index contributed by atoms with van der Waals surface area (Å²) < 4.78 is 52.9. The Hall–Kier alpha value is -1.89. The maximum absolute atomic E-state index is 13.3. The monoisotopic (exact) mass is 302 g/mol. The molecule has 2 rings (SSSR count). The Balaban J connectivity index is 2.46. The van der Waals surface area contributed by atoms with Crippen LogP contribution in [0.2, 0.25) is 0 Å². The molecule has 0 aliphatic heterocycles. The molecule has 0 radical (unpaired) electrons. The molecule has 1 aromatic heterocycles. The second kappa shape index (κ2) is 5.48. The minimum absolute atomic E-state index is 0.0218. The zero-order valence-corrected chi connectivity index (χ0v) is 11.4. The highest BCUT2D eigenvalue weighted by Crippen LogP contribution is 2.34. The van der Waals surface area contributed by atoms with Crippen LogP contribution in [-0.4, -0.2) is 14.9 Å². The standard InChI is InChI=1S/C14H14F4N2O/c1-3-12-9(7-20(2)19-12)13(21)8-4-5-11(15)10(6-8)14(16,17)18/h4-7,13,21H,3H2,1-2H3. The van der Waals surface area contributed by atoms with Crippen molar-refractivity contribution in [3.8, 4) is 0 Å². The van der Waals surface area contributed by atoms with Gasteiger partial charge in [-0.25, -0.2) is 4.39 Å². The fraction of sp³-hybridized carbons (Fsp3) is 0.357. The number of aliphatic hydroxyl groups excluding tert-OH is 1. The van der Waals surface area contributed by atoms with Gasteiger partial charge < -0.3 is 5.11 Å². The topological polar surface area (TPSA) is 38.0 Å². The zero-order chi connectivity index (χ0) is 15.8. The fourth-order valence-electron chi connectivity index (χ4n) is 2.17. The molecule has 1 heterocycles. The van der Waals surface area contributed by atoms with Crippen LogP contribution in [0, 0.1) is 5.82 Å². The summed E-state index contributed by atoms with van der Waals surface area (Å²) in [5, 5.41) is 14.4. The molecule has 7 heteroatoms. The normalized spacial score (nSPS) is 13.5. The quantitative estimate of drug-likeness (QED) is 0.884. The van der Waals surface area contributed by atoms with Crippen LogP contribution in [0.15, 0.2) is 24.4 Å². The van der Waals surface area contributed by atoms with Crippen molar-refractivity contribution in [1.82, 2.24) is 9.78 Å². The van der Waals surface area contributed by atoms with Crippen molar-refractivity contribution >= 4 is 0 Å². The molecule has 1 atom stereocenters. The summed E-state index contributed by atoms with van der Waals surface area (Å²) in [6.07, 6.45) is -4.02. The van der Waals surface area contributed by atoms with Crippen molar-refractivity contribution in [2.24, 2.45) is 7.05 Å². The van der Waals surface area contributed by atoms with E-state index in [0.29, 0.717) is 29.8 Å². The molecule has 114 valence electrons. The van der Waals surface area contributed by atoms with Crippen LogP contribution in [0.1, 0.15) is 35.4 Å². The number of hydrogen-bond donors (Lipinski definition) is 1. The van der Waals surface area contributed by atoms with E-state index in [2.05, 4.69) is 5.10 Å². The lowest BCUT2D eigenvalue weighted by Crippen LogP contribution is -2.10. The van der Waals surface area contributed by atoms with Gasteiger partial charge in [-0.2, -0.15) is 18.3 Å². The predicted octanol–water partition coefficient (Wildman–Crippen LogP) is 3.22. The number of hydrogen-bond acceptors (Lipinski definition) is 2. The molecule has 0 fully saturated rings. The SMILES string of the molecule is CCc1nn(C)cc1C(O)c1ccc(F)c(C(F)(F)F)c1. The first-order valence-corrected chi connectivity index (χ1v) is 6.31. The van der Waals surface area contributed by atoms with E-state index < -0.39 is 23.7 Å². The van der Waals surface area contributed by atoms with E-state index in [1.165, 1.54) is 4.68 Å². The van der Waals surface area contributed by atoms with Gasteiger partial charge >= 0.3 is 6.18 Å². The molecule has 1 aromatic carbocycles. The van der Waals surface area contributed by atoms with Gasteiger partial charge in [-0.3, -0.25) is 4.68 Å². The Morgan fingerprint density at radius 1 is 1.33 bits per heavy atom. The van der Waals surface area contributed by atoms with E-state index >= 15 is 0 Å². The zero-order valence-electron chi connectivity index (χ0n) is 11.4. The van der Waals surface area contributed by atoms with Gasteiger partial charge in [0.05, 0.1) is 11.3 Å². The average molecular weight is 302 g/mol. The molecular weight excluding hydrogens is 288 g/mol. The summed E-state index contributed by atoms with van der Waals surface area (Å²) in [5.74, 6) is -1.36. The van der Waals surface area contributed by atoms with E-state index in [1.54, 1.807) is 13.2 Å². The molecule has 1 unspecified atom stereocenters. The van der Waals surface area contributed by atoms with Crippen molar-refractivity contribution < 1.29 is 22.7 Å². The molecule has 1 N–H and O–H groups in total. The van der Waals surface area contributed by atoms with Gasteiger partial charge in [0.25, 0.3) is 0 Å². The third-order valence-electron chi connectivity index (χ3n) is 3.18. The van der Waals surface area contributed by atoms with Gasteiger partial charge in [-0.05, 0) is 24.1 Å². The number of nitrogens with zero attached hydrogens (tertiary/aromatic N) is 2. The van der Waals surface area contributed by atoms with Crippen LogP contribution in [0.5, 0.6) is 0 Å². The largest absolute Gasteiger partial charge is 0.419 e. The molecule has 0 amide bonds. The highest BCUT2D eigenvalue weighted by molar-refractivity contribution is 5.35. The maximum Gasteiger partial charge on any atom is 0.419 e. The summed E-state index contributed by atoms with van der Waals surface area (Å²) in [7, 11) is 1.65. The van der Waals surface area contributed by atoms with Crippen LogP contribution < -0.4 is 0 Å². The molecule has 0 saturated carbocycles. The molecular formula is C14H14F4N2O. The molecule has 21 heavy (non-hydrogen) atoms. The van der Waals surface area contributed by atoms with Gasteiger partial charge in [0.15, 0.2) is 0 Å². The predicted molar refractivity (Wildman–Crippen MR) is 68.0 cm³/mol. The average Bonchev–Trinajstić information content (AvgIpc) is 2.78. The summed E-state index contributed by atoms with van der Waals surface area (Å²) >= 11 is 0. The molecule has 0 spiro atoms. The lowest BCUT2D eigenvalue weighted by molar-refractivity contribution is -0.140. The van der Waals surface area contributed by atoms with Gasteiger partial charge in [0.1, 0.15) is 11.9 Å². The van der Waals surface area contributed by atoms with E-state index in [4.69, 9.17) is 0 Å². The Morgan fingerprint density at radius 3 is 2.57 bits per heavy atom. The third-order valence-corrected chi connectivity index (χ3v) is 3.18. The number of rotatable bonds is 3. The summed E-state index contributed by atoms with van der Waals surface area (Å²) in [4.78, 5) is 0. The number of aryl methyl sites for hydroxylation is 2. The molecule has 0 aliphatic carbocycles. The highest BCUT2D eigenvalue weighted by atomic mass is 19.4. The molecule has 0 saturated heterocycles. The lowest BCUT2D eigenvalue weighted by Gasteiger charge is -2.14. The highest BCUT2D eigenvalue weighted by Gasteiger charge is 2.35. The van der Waals surface area contributed by atoms with Gasteiger partial charge in [0.2, 0.25) is 0 Å². The van der Waals surface area contributed by atoms with Crippen LogP contribution in [-0.2, 0) is 19.6 Å². The number of halogens is 4. The summed E-state index contributed by atoms with van der Waals surface area (Å²) in [5.41, 5.74) is -0.407. The number of benzene rings is 1. The number of aliphatic hydroxyl groups is 1. The number of aromatic nitrogens is 2. The minimum Gasteiger partial charge on any atom is -0.384 e. The third kappa shape index (κ3) is 3.07. The Kier molecular flexibility index (Phi) is 4.04. The number of alkyl halides is 3. The molecule has 2 aromatic rings. The summed E-state index contributed by atoms with van der Waals surface area (Å²) in [6, 6.07) is 2.48. The van der Waals surface area contributed by atoms with E-state index in [0.717, 1.165) is 6.07 Å². The van der Waals surface area contributed by atoms with Crippen molar-refractivity contribution in [2.45, 2.75) is 25.6 Å². The second-order valence-electron chi connectivity index (χ2n) is 4.70. The Bertz CT molecular complexity index is 649. The minimum atomic E-state index is -4.80. The van der Waals surface area contributed by atoms with Gasteiger partial charge in [-0.1, -0.05) is 13.0 Å². The second-order valence-corrected chi connectivity index (χ2v) is 4.70. The lowest BCUT2D eigenvalue weighted by atomic mass is 9.99. The first kappa shape index (κ1) is 15.5. The maximum atomic E-state index is 13.3. The van der Waals surface area contributed by atoms with E-state index in [-0.39, 0.29) is 5.56 Å². The Morgan fingerprint density at radius 2 is 2.00 bits per heavy atom. The Labute approximate surface area is 118 Å². The smallest absolute Gasteiger partial charge is 0.384 e. The van der Waals surface area contributed by atoms with Crippen molar-refractivity contribution in [3.63, 3.8) is 0 Å². The van der Waals surface area contributed by atoms with Crippen LogP contribution in [0.3, 0.4) is 0 Å². The van der Waals surface area contributed by atoms with Crippen molar-refractivity contribution in [1.29, 1.82) is 0 Å². The van der Waals surface area contributed by atoms with Crippen molar-refractivity contribution in [3.05, 3.63) is 52.6 Å². The van der Waals surface area contributed by atoms with Gasteiger partial charge in [-0.15, -0.1) is 0 Å². The van der Waals surface area contributed by atoms with E-state index in [9.17, 15) is 22.7 Å². The molecule has 3 nitrogen and oxygen atoms in total.